The number of nitrogens with one attached hydrogen (secondary N) is 1. The molecule has 0 bridgehead atoms. The minimum atomic E-state index is -1.06. The number of urea groups is 1. The molecule has 1 N–H and O–H groups in total. The molecule has 126 valence electrons. The summed E-state index contributed by atoms with van der Waals surface area (Å²) >= 11 is 1.42. The predicted octanol–water partition coefficient (Wildman–Crippen LogP) is 2.77. The zero-order valence-corrected chi connectivity index (χ0v) is 14.1. The van der Waals surface area contributed by atoms with Gasteiger partial charge in [-0.05, 0) is 30.5 Å². The molecule has 3 amide bonds. The quantitative estimate of drug-likeness (QED) is 0.728. The molecular weight excluding hydrogens is 340 g/mol. The topological polar surface area (TPSA) is 88.3 Å². The number of carbonyl (C=O) groups excluding carboxylic acids is 2. The number of amides is 3. The van der Waals surface area contributed by atoms with Gasteiger partial charge >= 0.3 is 6.03 Å². The summed E-state index contributed by atoms with van der Waals surface area (Å²) in [6.07, 6.45) is 0. The van der Waals surface area contributed by atoms with Gasteiger partial charge in [0.1, 0.15) is 6.54 Å². The Labute approximate surface area is 147 Å². The van der Waals surface area contributed by atoms with Crippen LogP contribution in [0.15, 0.2) is 52.3 Å². The van der Waals surface area contributed by atoms with Crippen molar-refractivity contribution in [1.29, 1.82) is 0 Å². The number of thiophene rings is 1. The zero-order valence-electron chi connectivity index (χ0n) is 13.3. The summed E-state index contributed by atoms with van der Waals surface area (Å²) in [6, 6.07) is 12.5. The van der Waals surface area contributed by atoms with Crippen LogP contribution in [0.1, 0.15) is 17.7 Å². The van der Waals surface area contributed by atoms with Crippen molar-refractivity contribution in [3.05, 3.63) is 58.6 Å². The molecular formula is C17H14N4O3S. The lowest BCUT2D eigenvalue weighted by atomic mass is 10.0. The lowest BCUT2D eigenvalue weighted by Gasteiger charge is -2.19. The van der Waals surface area contributed by atoms with Crippen molar-refractivity contribution in [3.63, 3.8) is 0 Å². The summed E-state index contributed by atoms with van der Waals surface area (Å²) in [4.78, 5) is 26.9. The van der Waals surface area contributed by atoms with E-state index in [9.17, 15) is 9.59 Å². The Bertz CT molecular complexity index is 923. The first-order valence-electron chi connectivity index (χ1n) is 7.64. The molecule has 1 aliphatic heterocycles. The second kappa shape index (κ2) is 5.82. The zero-order chi connectivity index (χ0) is 17.4. The molecule has 0 aliphatic carbocycles. The van der Waals surface area contributed by atoms with E-state index in [4.69, 9.17) is 4.42 Å². The van der Waals surface area contributed by atoms with Gasteiger partial charge in [0.2, 0.25) is 11.8 Å². The van der Waals surface area contributed by atoms with Gasteiger partial charge < -0.3 is 9.73 Å². The van der Waals surface area contributed by atoms with Crippen molar-refractivity contribution in [1.82, 2.24) is 20.4 Å². The van der Waals surface area contributed by atoms with Crippen LogP contribution in [0.3, 0.4) is 0 Å². The van der Waals surface area contributed by atoms with Crippen molar-refractivity contribution in [2.24, 2.45) is 0 Å². The Morgan fingerprint density at radius 2 is 1.96 bits per heavy atom. The van der Waals surface area contributed by atoms with Gasteiger partial charge in [0.05, 0.1) is 0 Å². The average Bonchev–Trinajstić information content (AvgIpc) is 3.34. The smallest absolute Gasteiger partial charge is 0.325 e. The predicted molar refractivity (Wildman–Crippen MR) is 90.5 cm³/mol. The minimum absolute atomic E-state index is 0.0640. The first-order valence-corrected chi connectivity index (χ1v) is 8.52. The number of aromatic nitrogens is 2. The van der Waals surface area contributed by atoms with Gasteiger partial charge in [0.15, 0.2) is 5.54 Å². The molecule has 8 heteroatoms. The molecule has 1 saturated heterocycles. The van der Waals surface area contributed by atoms with Crippen molar-refractivity contribution < 1.29 is 14.0 Å². The molecule has 1 aliphatic rings. The van der Waals surface area contributed by atoms with Gasteiger partial charge in [-0.2, -0.15) is 0 Å². The summed E-state index contributed by atoms with van der Waals surface area (Å²) in [5.74, 6) is 0.223. The standard InChI is InChI=1S/C17H14N4O3S/c1-17(12-8-5-9-25-12)15(22)21(16(23)18-17)10-13-19-20-14(24-13)11-6-3-2-4-7-11/h2-9H,10H2,1H3,(H,18,23)/t17-/m1/s1. The maximum Gasteiger partial charge on any atom is 0.325 e. The first-order chi connectivity index (χ1) is 12.1. The van der Waals surface area contributed by atoms with Crippen LogP contribution in [0.25, 0.3) is 11.5 Å². The van der Waals surface area contributed by atoms with E-state index >= 15 is 0 Å². The van der Waals surface area contributed by atoms with Gasteiger partial charge in [-0.3, -0.25) is 9.69 Å². The second-order valence-electron chi connectivity index (χ2n) is 5.79. The third kappa shape index (κ3) is 2.60. The van der Waals surface area contributed by atoms with Gasteiger partial charge in [-0.25, -0.2) is 4.79 Å². The molecule has 0 saturated carbocycles. The Hall–Kier alpha value is -3.00. The summed E-state index contributed by atoms with van der Waals surface area (Å²) in [7, 11) is 0. The molecule has 0 unspecified atom stereocenters. The average molecular weight is 354 g/mol. The van der Waals surface area contributed by atoms with E-state index in [0.717, 1.165) is 15.3 Å². The van der Waals surface area contributed by atoms with Crippen LogP contribution in [0, 0.1) is 0 Å². The molecule has 1 fully saturated rings. The van der Waals surface area contributed by atoms with Crippen molar-refractivity contribution in [2.45, 2.75) is 19.0 Å². The fraction of sp³-hybridized carbons (Fsp3) is 0.176. The largest absolute Gasteiger partial charge is 0.419 e. The summed E-state index contributed by atoms with van der Waals surface area (Å²) in [5.41, 5.74) is -0.282. The van der Waals surface area contributed by atoms with Crippen LogP contribution >= 0.6 is 11.3 Å². The molecule has 7 nitrogen and oxygen atoms in total. The van der Waals surface area contributed by atoms with Crippen LogP contribution < -0.4 is 5.32 Å². The van der Waals surface area contributed by atoms with Crippen molar-refractivity contribution >= 4 is 23.3 Å². The first kappa shape index (κ1) is 15.5. The summed E-state index contributed by atoms with van der Waals surface area (Å²) < 4.78 is 5.59. The van der Waals surface area contributed by atoms with E-state index in [2.05, 4.69) is 15.5 Å². The molecule has 2 aromatic heterocycles. The molecule has 4 rings (SSSR count). The molecule has 3 heterocycles. The minimum Gasteiger partial charge on any atom is -0.419 e. The van der Waals surface area contributed by atoms with Crippen LogP contribution in [-0.4, -0.2) is 27.0 Å². The summed E-state index contributed by atoms with van der Waals surface area (Å²) in [6.45, 7) is 1.63. The highest BCUT2D eigenvalue weighted by molar-refractivity contribution is 7.10. The summed E-state index contributed by atoms with van der Waals surface area (Å²) in [5, 5.41) is 12.5. The van der Waals surface area contributed by atoms with E-state index in [1.54, 1.807) is 6.92 Å². The monoisotopic (exact) mass is 354 g/mol. The Morgan fingerprint density at radius 3 is 2.68 bits per heavy atom. The SMILES string of the molecule is C[C@]1(c2cccs2)NC(=O)N(Cc2nnc(-c3ccccc3)o2)C1=O. The van der Waals surface area contributed by atoms with Crippen LogP contribution in [0.5, 0.6) is 0 Å². The maximum absolute atomic E-state index is 12.8. The second-order valence-corrected chi connectivity index (χ2v) is 6.74. The van der Waals surface area contributed by atoms with E-state index in [1.165, 1.54) is 11.3 Å². The molecule has 1 atom stereocenters. The number of imide groups is 1. The number of benzene rings is 1. The lowest BCUT2D eigenvalue weighted by Crippen LogP contribution is -2.40. The Kier molecular flexibility index (Phi) is 3.61. The highest BCUT2D eigenvalue weighted by Crippen LogP contribution is 2.32. The molecule has 1 aromatic carbocycles. The van der Waals surface area contributed by atoms with Crippen LogP contribution in [0.4, 0.5) is 4.79 Å². The molecule has 25 heavy (non-hydrogen) atoms. The highest BCUT2D eigenvalue weighted by Gasteiger charge is 2.50. The lowest BCUT2D eigenvalue weighted by molar-refractivity contribution is -0.131. The van der Waals surface area contributed by atoms with Gasteiger partial charge in [-0.1, -0.05) is 24.3 Å². The van der Waals surface area contributed by atoms with E-state index in [1.807, 2.05) is 47.8 Å². The maximum atomic E-state index is 12.8. The molecule has 0 radical (unpaired) electrons. The number of hydrogen-bond acceptors (Lipinski definition) is 6. The Morgan fingerprint density at radius 1 is 1.16 bits per heavy atom. The third-order valence-electron chi connectivity index (χ3n) is 4.07. The van der Waals surface area contributed by atoms with E-state index < -0.39 is 11.6 Å². The number of carbonyl (C=O) groups is 2. The van der Waals surface area contributed by atoms with E-state index in [0.29, 0.717) is 5.89 Å². The van der Waals surface area contributed by atoms with Crippen molar-refractivity contribution in [2.75, 3.05) is 0 Å². The number of hydrogen-bond donors (Lipinski definition) is 1. The van der Waals surface area contributed by atoms with Crippen LogP contribution in [-0.2, 0) is 16.9 Å². The highest BCUT2D eigenvalue weighted by atomic mass is 32.1. The van der Waals surface area contributed by atoms with Crippen molar-refractivity contribution in [3.8, 4) is 11.5 Å². The third-order valence-corrected chi connectivity index (χ3v) is 5.16. The fourth-order valence-electron chi connectivity index (χ4n) is 2.72. The van der Waals surface area contributed by atoms with Gasteiger partial charge in [0.25, 0.3) is 5.91 Å². The fourth-order valence-corrected chi connectivity index (χ4v) is 3.56. The van der Waals surface area contributed by atoms with Gasteiger partial charge in [-0.15, -0.1) is 21.5 Å². The normalized spacial score (nSPS) is 20.1. The molecule has 0 spiro atoms. The van der Waals surface area contributed by atoms with Crippen LogP contribution in [0.2, 0.25) is 0 Å². The van der Waals surface area contributed by atoms with E-state index in [-0.39, 0.29) is 18.3 Å². The molecule has 3 aromatic rings. The number of rotatable bonds is 4. The Balaban J connectivity index is 1.56. The van der Waals surface area contributed by atoms with Gasteiger partial charge in [0, 0.05) is 10.4 Å². The number of nitrogens with zero attached hydrogens (tertiary/aromatic N) is 3.